The zero-order valence-electron chi connectivity index (χ0n) is 22.9. The van der Waals surface area contributed by atoms with E-state index in [1.165, 1.54) is 25.7 Å². The molecule has 0 atom stereocenters. The molecule has 0 aliphatic rings. The summed E-state index contributed by atoms with van der Waals surface area (Å²) in [5.41, 5.74) is 0. The molecule has 0 bridgehead atoms. The summed E-state index contributed by atoms with van der Waals surface area (Å²) < 4.78 is 22.2. The minimum atomic E-state index is -1.45. The first-order valence-electron chi connectivity index (χ1n) is 13.5. The normalized spacial score (nSPS) is 9.71. The van der Waals surface area contributed by atoms with Crippen molar-refractivity contribution < 1.29 is 38.7 Å². The Balaban J connectivity index is -0.000000448. The van der Waals surface area contributed by atoms with E-state index in [-0.39, 0.29) is 34.4 Å². The van der Waals surface area contributed by atoms with Gasteiger partial charge in [-0.25, -0.2) is 0 Å². The average molecular weight is 611 g/mol. The van der Waals surface area contributed by atoms with Crippen LogP contribution in [0.15, 0.2) is 0 Å². The number of rotatable bonds is 22. The van der Waals surface area contributed by atoms with Crippen molar-refractivity contribution in [3.8, 4) is 0 Å². The summed E-state index contributed by atoms with van der Waals surface area (Å²) in [4.78, 5) is 19.6. The number of ether oxygens (including phenoxy) is 4. The maximum absolute atomic E-state index is 9.81. The first-order chi connectivity index (χ1) is 17.0. The summed E-state index contributed by atoms with van der Waals surface area (Å²) in [5.74, 6) is 0. The first-order valence-corrected chi connectivity index (χ1v) is 17.5. The average Bonchev–Trinajstić information content (AvgIpc) is 2.83. The fourth-order valence-electron chi connectivity index (χ4n) is 2.35. The van der Waals surface area contributed by atoms with Gasteiger partial charge in [-0.05, 0) is 38.5 Å². The van der Waals surface area contributed by atoms with Crippen LogP contribution in [0.2, 0.25) is 8.87 Å². The maximum atomic E-state index is 9.81. The van der Waals surface area contributed by atoms with E-state index in [1.807, 2.05) is 0 Å². The molecule has 0 radical (unpaired) electrons. The molecular weight excluding hydrogens is 559 g/mol. The van der Waals surface area contributed by atoms with Crippen molar-refractivity contribution in [2.45, 2.75) is 114 Å². The molecule has 0 aromatic carbocycles. The Bertz CT molecular complexity index is 375. The van der Waals surface area contributed by atoms with Crippen LogP contribution in [0.25, 0.3) is 0 Å². The van der Waals surface area contributed by atoms with Gasteiger partial charge in [0.25, 0.3) is 12.3 Å². The van der Waals surface area contributed by atoms with Gasteiger partial charge in [0.15, 0.2) is 0 Å². The van der Waals surface area contributed by atoms with E-state index in [0.29, 0.717) is 26.1 Å². The van der Waals surface area contributed by atoms with Gasteiger partial charge in [-0.15, -0.1) is 0 Å². The van der Waals surface area contributed by atoms with Crippen LogP contribution in [0.4, 0.5) is 9.59 Å². The number of carbonyl (C=O) groups is 2. The van der Waals surface area contributed by atoms with E-state index in [1.54, 1.807) is 8.87 Å². The summed E-state index contributed by atoms with van der Waals surface area (Å²) in [5, 5.41) is 19.6. The standard InChI is InChI=1S/2C9H18O4.2C4H9.Sn/c2*1-2-3-6-12-7-4-5-8-13-9(10)11;2*1-3-4-2;/h2*2-8H2,1H3,(H,10,11);2*1,3-4H2,2H3;/q;;;;+2/p-2. The molecule has 0 aliphatic carbocycles. The zero-order chi connectivity index (χ0) is 26.8. The van der Waals surface area contributed by atoms with E-state index < -0.39 is 12.3 Å². The van der Waals surface area contributed by atoms with Crippen molar-refractivity contribution >= 4 is 33.5 Å². The fraction of sp³-hybridized carbons (Fsp3) is 0.923. The summed E-state index contributed by atoms with van der Waals surface area (Å²) in [6.45, 7) is 12.1. The number of hydrogen-bond donors (Lipinski definition) is 0. The third-order valence-electron chi connectivity index (χ3n) is 4.50. The Morgan fingerprint density at radius 2 is 0.829 bits per heavy atom. The van der Waals surface area contributed by atoms with Crippen molar-refractivity contribution in [2.75, 3.05) is 39.6 Å². The van der Waals surface area contributed by atoms with Gasteiger partial charge < -0.3 is 38.7 Å². The van der Waals surface area contributed by atoms with Gasteiger partial charge in [0, 0.05) is 39.6 Å². The molecular formula is C26H52O8Sn. The van der Waals surface area contributed by atoms with Gasteiger partial charge in [-0.1, -0.05) is 26.7 Å². The molecule has 0 aliphatic heterocycles. The SMILES string of the molecule is CCCCOCCCCOC(=O)[O-].CCCCOCCCCOC(=O)[O-].CCC[CH2][Sn+2][CH2]CCC. The second-order valence-electron chi connectivity index (χ2n) is 8.00. The second-order valence-corrected chi connectivity index (χ2v) is 12.3. The molecule has 208 valence electrons. The van der Waals surface area contributed by atoms with E-state index in [9.17, 15) is 19.8 Å². The molecule has 0 saturated carbocycles. The summed E-state index contributed by atoms with van der Waals surface area (Å²) in [6, 6.07) is 0. The predicted octanol–water partition coefficient (Wildman–Crippen LogP) is 5.01. The molecule has 0 saturated heterocycles. The number of unbranched alkanes of at least 4 members (excludes halogenated alkanes) is 6. The van der Waals surface area contributed by atoms with Crippen LogP contribution < -0.4 is 10.2 Å². The Kier molecular flexibility index (Phi) is 41.9. The van der Waals surface area contributed by atoms with Gasteiger partial charge in [-0.3, -0.25) is 0 Å². The summed E-state index contributed by atoms with van der Waals surface area (Å²) in [7, 11) is 0. The molecule has 0 rings (SSSR count). The van der Waals surface area contributed by atoms with Crippen molar-refractivity contribution in [1.82, 2.24) is 0 Å². The van der Waals surface area contributed by atoms with Crippen LogP contribution in [0.1, 0.15) is 105 Å². The molecule has 0 heterocycles. The van der Waals surface area contributed by atoms with Crippen LogP contribution in [-0.2, 0) is 18.9 Å². The molecule has 0 unspecified atom stereocenters. The number of carbonyl (C=O) groups excluding carboxylic acids is 2. The van der Waals surface area contributed by atoms with E-state index in [4.69, 9.17) is 9.47 Å². The van der Waals surface area contributed by atoms with Crippen molar-refractivity contribution in [3.05, 3.63) is 0 Å². The van der Waals surface area contributed by atoms with Crippen LogP contribution in [0.3, 0.4) is 0 Å². The Labute approximate surface area is 225 Å². The quantitative estimate of drug-likeness (QED) is 0.0953. The van der Waals surface area contributed by atoms with Gasteiger partial charge in [-0.2, -0.15) is 0 Å². The molecule has 0 aromatic rings. The molecule has 8 nitrogen and oxygen atoms in total. The van der Waals surface area contributed by atoms with E-state index in [0.717, 1.165) is 51.7 Å². The number of hydrogen-bond acceptors (Lipinski definition) is 8. The molecule has 35 heavy (non-hydrogen) atoms. The van der Waals surface area contributed by atoms with Crippen molar-refractivity contribution in [1.29, 1.82) is 0 Å². The topological polar surface area (TPSA) is 117 Å². The summed E-state index contributed by atoms with van der Waals surface area (Å²) >= 11 is 0.149. The van der Waals surface area contributed by atoms with Crippen LogP contribution in [-0.4, -0.2) is 73.1 Å². The van der Waals surface area contributed by atoms with Crippen LogP contribution >= 0.6 is 0 Å². The van der Waals surface area contributed by atoms with Gasteiger partial charge in [0.1, 0.15) is 0 Å². The molecule has 0 spiro atoms. The van der Waals surface area contributed by atoms with Gasteiger partial charge in [0.2, 0.25) is 0 Å². The van der Waals surface area contributed by atoms with Crippen LogP contribution in [0, 0.1) is 0 Å². The zero-order valence-corrected chi connectivity index (χ0v) is 25.8. The second kappa shape index (κ2) is 37.8. The Morgan fingerprint density at radius 1 is 0.514 bits per heavy atom. The number of carboxylic acid groups (broad SMARTS) is 2. The first kappa shape index (κ1) is 38.8. The Morgan fingerprint density at radius 3 is 1.14 bits per heavy atom. The minimum absolute atomic E-state index is 0.149. The summed E-state index contributed by atoms with van der Waals surface area (Å²) in [6.07, 6.45) is 10.4. The molecule has 9 heteroatoms. The van der Waals surface area contributed by atoms with E-state index >= 15 is 0 Å². The van der Waals surface area contributed by atoms with Crippen molar-refractivity contribution in [2.24, 2.45) is 0 Å². The monoisotopic (exact) mass is 612 g/mol. The van der Waals surface area contributed by atoms with Gasteiger partial charge in [0.05, 0.1) is 0 Å². The third-order valence-corrected chi connectivity index (χ3v) is 8.54. The molecule has 0 N–H and O–H groups in total. The van der Waals surface area contributed by atoms with Crippen molar-refractivity contribution in [3.63, 3.8) is 0 Å². The van der Waals surface area contributed by atoms with Crippen LogP contribution in [0.5, 0.6) is 0 Å². The molecule has 0 aromatic heterocycles. The third kappa shape index (κ3) is 50.9. The molecule has 0 fully saturated rings. The fourth-order valence-corrected chi connectivity index (χ4v) is 6.51. The Hall–Kier alpha value is -0.741. The van der Waals surface area contributed by atoms with E-state index in [2.05, 4.69) is 37.2 Å². The predicted molar refractivity (Wildman–Crippen MR) is 138 cm³/mol. The van der Waals surface area contributed by atoms with Gasteiger partial charge >= 0.3 is 69.5 Å². The molecule has 0 amide bonds.